The van der Waals surface area contributed by atoms with E-state index in [0.717, 1.165) is 17.5 Å². The highest BCUT2D eigenvalue weighted by Gasteiger charge is 2.27. The first kappa shape index (κ1) is 15.0. The third kappa shape index (κ3) is 3.20. The molecule has 0 spiro atoms. The molecule has 0 unspecified atom stereocenters. The monoisotopic (exact) mass is 278 g/mol. The standard InChI is InChI=1S/C15H26N4O/c1-15(2,3)14-17-12(16-4)10-13(18-14)19(8-9-20)11-6-5-7-11/h10-11,20H,5-9H2,1-4H3,(H,16,17,18). The molecule has 0 aromatic carbocycles. The predicted molar refractivity (Wildman–Crippen MR) is 82.3 cm³/mol. The van der Waals surface area contributed by atoms with E-state index in [0.29, 0.717) is 12.6 Å². The summed E-state index contributed by atoms with van der Waals surface area (Å²) in [5, 5.41) is 12.4. The van der Waals surface area contributed by atoms with Crippen molar-refractivity contribution in [3.63, 3.8) is 0 Å². The third-order valence-electron chi connectivity index (χ3n) is 3.79. The van der Waals surface area contributed by atoms with Crippen LogP contribution < -0.4 is 10.2 Å². The van der Waals surface area contributed by atoms with Crippen molar-refractivity contribution in [1.29, 1.82) is 0 Å². The zero-order chi connectivity index (χ0) is 14.8. The molecule has 1 heterocycles. The maximum absolute atomic E-state index is 9.32. The van der Waals surface area contributed by atoms with Crippen LogP contribution in [0.2, 0.25) is 0 Å². The molecule has 112 valence electrons. The second kappa shape index (κ2) is 5.95. The molecule has 20 heavy (non-hydrogen) atoms. The average molecular weight is 278 g/mol. The van der Waals surface area contributed by atoms with Crippen molar-refractivity contribution in [2.75, 3.05) is 30.4 Å². The Morgan fingerprint density at radius 1 is 1.35 bits per heavy atom. The lowest BCUT2D eigenvalue weighted by molar-refractivity contribution is 0.282. The van der Waals surface area contributed by atoms with Crippen molar-refractivity contribution in [2.24, 2.45) is 0 Å². The van der Waals surface area contributed by atoms with E-state index < -0.39 is 0 Å². The van der Waals surface area contributed by atoms with Gasteiger partial charge in [-0.1, -0.05) is 20.8 Å². The van der Waals surface area contributed by atoms with Gasteiger partial charge in [0, 0.05) is 31.1 Å². The minimum absolute atomic E-state index is 0.0912. The quantitative estimate of drug-likeness (QED) is 0.864. The summed E-state index contributed by atoms with van der Waals surface area (Å²) in [7, 11) is 1.87. The molecule has 0 saturated heterocycles. The number of hydrogen-bond acceptors (Lipinski definition) is 5. The molecule has 1 aromatic rings. The summed E-state index contributed by atoms with van der Waals surface area (Å²) >= 11 is 0. The van der Waals surface area contributed by atoms with Crippen LogP contribution in [0.4, 0.5) is 11.6 Å². The minimum atomic E-state index is -0.0912. The van der Waals surface area contributed by atoms with Crippen molar-refractivity contribution in [1.82, 2.24) is 9.97 Å². The van der Waals surface area contributed by atoms with Gasteiger partial charge in [0.1, 0.15) is 17.5 Å². The van der Waals surface area contributed by atoms with Crippen molar-refractivity contribution in [3.8, 4) is 0 Å². The van der Waals surface area contributed by atoms with Gasteiger partial charge >= 0.3 is 0 Å². The summed E-state index contributed by atoms with van der Waals surface area (Å²) < 4.78 is 0. The lowest BCUT2D eigenvalue weighted by atomic mass is 9.91. The van der Waals surface area contributed by atoms with Crippen LogP contribution in [0.1, 0.15) is 45.9 Å². The molecule has 1 fully saturated rings. The van der Waals surface area contributed by atoms with Gasteiger partial charge in [0.15, 0.2) is 0 Å². The van der Waals surface area contributed by atoms with Crippen molar-refractivity contribution < 1.29 is 5.11 Å². The third-order valence-corrected chi connectivity index (χ3v) is 3.79. The minimum Gasteiger partial charge on any atom is -0.395 e. The van der Waals surface area contributed by atoms with Gasteiger partial charge in [0.05, 0.1) is 6.61 Å². The van der Waals surface area contributed by atoms with E-state index in [1.54, 1.807) is 0 Å². The number of rotatable bonds is 5. The Morgan fingerprint density at radius 2 is 2.05 bits per heavy atom. The molecular weight excluding hydrogens is 252 g/mol. The van der Waals surface area contributed by atoms with E-state index in [1.807, 2.05) is 13.1 Å². The Labute approximate surface area is 121 Å². The maximum atomic E-state index is 9.32. The first-order valence-corrected chi connectivity index (χ1v) is 7.40. The van der Waals surface area contributed by atoms with Crippen molar-refractivity contribution in [3.05, 3.63) is 11.9 Å². The van der Waals surface area contributed by atoms with Crippen LogP contribution in [0, 0.1) is 0 Å². The molecule has 1 aliphatic rings. The molecule has 2 rings (SSSR count). The van der Waals surface area contributed by atoms with E-state index >= 15 is 0 Å². The Kier molecular flexibility index (Phi) is 4.48. The number of nitrogens with zero attached hydrogens (tertiary/aromatic N) is 3. The lowest BCUT2D eigenvalue weighted by Gasteiger charge is -2.38. The van der Waals surface area contributed by atoms with Crippen LogP contribution in [0.3, 0.4) is 0 Å². The van der Waals surface area contributed by atoms with Crippen molar-refractivity contribution >= 4 is 11.6 Å². The van der Waals surface area contributed by atoms with E-state index in [4.69, 9.17) is 4.98 Å². The van der Waals surface area contributed by atoms with Gasteiger partial charge in [-0.2, -0.15) is 0 Å². The fraction of sp³-hybridized carbons (Fsp3) is 0.733. The number of aromatic nitrogens is 2. The molecule has 1 aromatic heterocycles. The van der Waals surface area contributed by atoms with Crippen LogP contribution in [0.25, 0.3) is 0 Å². The summed E-state index contributed by atoms with van der Waals surface area (Å²) in [6, 6.07) is 2.48. The zero-order valence-corrected chi connectivity index (χ0v) is 13.0. The summed E-state index contributed by atoms with van der Waals surface area (Å²) in [6.45, 7) is 7.14. The van der Waals surface area contributed by atoms with E-state index in [2.05, 4.69) is 36.0 Å². The van der Waals surface area contributed by atoms with Gasteiger partial charge in [-0.05, 0) is 19.3 Å². The zero-order valence-electron chi connectivity index (χ0n) is 13.0. The predicted octanol–water partition coefficient (Wildman–Crippen LogP) is 2.17. The molecule has 0 radical (unpaired) electrons. The van der Waals surface area contributed by atoms with Crippen LogP contribution >= 0.6 is 0 Å². The average Bonchev–Trinajstić information content (AvgIpc) is 2.34. The van der Waals surface area contributed by atoms with Gasteiger partial charge in [-0.15, -0.1) is 0 Å². The van der Waals surface area contributed by atoms with Gasteiger partial charge in [-0.3, -0.25) is 0 Å². The summed E-state index contributed by atoms with van der Waals surface area (Å²) in [5.74, 6) is 2.59. The second-order valence-electron chi connectivity index (χ2n) is 6.44. The topological polar surface area (TPSA) is 61.3 Å². The fourth-order valence-corrected chi connectivity index (χ4v) is 2.34. The second-order valence-corrected chi connectivity index (χ2v) is 6.44. The molecule has 0 amide bonds. The lowest BCUT2D eigenvalue weighted by Crippen LogP contribution is -2.42. The Bertz CT molecular complexity index is 452. The number of aliphatic hydroxyl groups is 1. The van der Waals surface area contributed by atoms with Gasteiger partial charge in [0.2, 0.25) is 0 Å². The number of anilines is 2. The molecule has 0 bridgehead atoms. The van der Waals surface area contributed by atoms with Crippen LogP contribution in [0.5, 0.6) is 0 Å². The van der Waals surface area contributed by atoms with Gasteiger partial charge in [-0.25, -0.2) is 9.97 Å². The van der Waals surface area contributed by atoms with E-state index in [1.165, 1.54) is 19.3 Å². The molecular formula is C15H26N4O. The van der Waals surface area contributed by atoms with Crippen molar-refractivity contribution in [2.45, 2.75) is 51.5 Å². The number of nitrogens with one attached hydrogen (secondary N) is 1. The summed E-state index contributed by atoms with van der Waals surface area (Å²) in [5.41, 5.74) is -0.0912. The molecule has 1 aliphatic carbocycles. The highest BCUT2D eigenvalue weighted by Crippen LogP contribution is 2.30. The smallest absolute Gasteiger partial charge is 0.138 e. The molecule has 0 atom stereocenters. The Morgan fingerprint density at radius 3 is 2.50 bits per heavy atom. The van der Waals surface area contributed by atoms with Gasteiger partial charge in [0.25, 0.3) is 0 Å². The summed E-state index contributed by atoms with van der Waals surface area (Å²) in [6.07, 6.45) is 3.64. The van der Waals surface area contributed by atoms with Crippen LogP contribution in [-0.4, -0.2) is 41.3 Å². The molecule has 1 saturated carbocycles. The largest absolute Gasteiger partial charge is 0.395 e. The van der Waals surface area contributed by atoms with E-state index in [-0.39, 0.29) is 12.0 Å². The van der Waals surface area contributed by atoms with Crippen LogP contribution in [0.15, 0.2) is 6.07 Å². The normalized spacial score (nSPS) is 15.8. The van der Waals surface area contributed by atoms with Gasteiger partial charge < -0.3 is 15.3 Å². The van der Waals surface area contributed by atoms with E-state index in [9.17, 15) is 5.11 Å². The Balaban J connectivity index is 2.37. The maximum Gasteiger partial charge on any atom is 0.138 e. The molecule has 5 heteroatoms. The molecule has 5 nitrogen and oxygen atoms in total. The SMILES string of the molecule is CNc1cc(N(CCO)C2CCC2)nc(C(C)(C)C)n1. The highest BCUT2D eigenvalue weighted by atomic mass is 16.3. The number of aliphatic hydroxyl groups excluding tert-OH is 1. The fourth-order valence-electron chi connectivity index (χ4n) is 2.34. The highest BCUT2D eigenvalue weighted by molar-refractivity contribution is 5.50. The number of hydrogen-bond donors (Lipinski definition) is 2. The van der Waals surface area contributed by atoms with Crippen LogP contribution in [-0.2, 0) is 5.41 Å². The Hall–Kier alpha value is -1.36. The molecule has 2 N–H and O–H groups in total. The molecule has 0 aliphatic heterocycles. The first-order valence-electron chi connectivity index (χ1n) is 7.40. The first-order chi connectivity index (χ1) is 9.45. The summed E-state index contributed by atoms with van der Waals surface area (Å²) in [4.78, 5) is 11.5.